The van der Waals surface area contributed by atoms with E-state index in [0.29, 0.717) is 23.3 Å². The van der Waals surface area contributed by atoms with Crippen molar-refractivity contribution in [2.45, 2.75) is 19.4 Å². The van der Waals surface area contributed by atoms with Crippen molar-refractivity contribution in [1.29, 1.82) is 0 Å². The van der Waals surface area contributed by atoms with Gasteiger partial charge in [-0.05, 0) is 25.0 Å². The van der Waals surface area contributed by atoms with Gasteiger partial charge in [0.1, 0.15) is 5.52 Å². The molecule has 16 heavy (non-hydrogen) atoms. The van der Waals surface area contributed by atoms with Crippen molar-refractivity contribution in [2.24, 2.45) is 0 Å². The number of nitrogens with zero attached hydrogens (tertiary/aromatic N) is 3. The molecule has 1 aromatic heterocycles. The molecule has 2 rings (SSSR count). The predicted molar refractivity (Wildman–Crippen MR) is 63.8 cm³/mol. The Hall–Kier alpha value is -1.42. The van der Waals surface area contributed by atoms with Crippen LogP contribution in [0.2, 0.25) is 0 Å². The third-order valence-corrected chi connectivity index (χ3v) is 2.65. The molecule has 0 saturated carbocycles. The van der Waals surface area contributed by atoms with Gasteiger partial charge >= 0.3 is 0 Å². The molecule has 0 aliphatic carbocycles. The molecule has 2 aromatic rings. The van der Waals surface area contributed by atoms with Gasteiger partial charge in [-0.1, -0.05) is 17.3 Å². The highest BCUT2D eigenvalue weighted by Gasteiger charge is 2.03. The lowest BCUT2D eigenvalue weighted by Crippen LogP contribution is -2.24. The number of rotatable bonds is 4. The second-order valence-electron chi connectivity index (χ2n) is 3.53. The molecule has 4 nitrogen and oxygen atoms in total. The molecular weight excluding hydrogens is 226 g/mol. The summed E-state index contributed by atoms with van der Waals surface area (Å²) in [6.07, 6.45) is 1.72. The number of hydrogen-bond acceptors (Lipinski definition) is 3. The molecule has 0 fully saturated rings. The Balaban J connectivity index is 2.33. The molecule has 0 aliphatic heterocycles. The molecule has 0 N–H and O–H groups in total. The first-order valence-electron chi connectivity index (χ1n) is 5.21. The first-order valence-corrected chi connectivity index (χ1v) is 5.75. The van der Waals surface area contributed by atoms with Crippen LogP contribution in [0.5, 0.6) is 0 Å². The lowest BCUT2D eigenvalue weighted by molar-refractivity contribution is 0.521. The van der Waals surface area contributed by atoms with Crippen LogP contribution in [0.1, 0.15) is 12.8 Å². The minimum atomic E-state index is -0.0832. The first-order chi connectivity index (χ1) is 7.83. The van der Waals surface area contributed by atoms with Crippen molar-refractivity contribution in [2.75, 3.05) is 5.88 Å². The molecular formula is C11H12ClN3O. The SMILES string of the molecule is O=c1c2ccccc2nnn1CCCCCl. The van der Waals surface area contributed by atoms with E-state index in [-0.39, 0.29) is 5.56 Å². The summed E-state index contributed by atoms with van der Waals surface area (Å²) in [4.78, 5) is 12.0. The third-order valence-electron chi connectivity index (χ3n) is 2.38. The second-order valence-corrected chi connectivity index (χ2v) is 3.91. The Morgan fingerprint density at radius 1 is 1.25 bits per heavy atom. The standard InChI is InChI=1S/C11H12ClN3O/c12-7-3-4-8-15-11(16)9-5-1-2-6-10(9)13-14-15/h1-2,5-6H,3-4,7-8H2. The maximum atomic E-state index is 12.0. The largest absolute Gasteiger partial charge is 0.277 e. The molecule has 1 aromatic carbocycles. The third kappa shape index (κ3) is 2.22. The number of aryl methyl sites for hydroxylation is 1. The average Bonchev–Trinajstić information content (AvgIpc) is 2.33. The summed E-state index contributed by atoms with van der Waals surface area (Å²) >= 11 is 5.58. The average molecular weight is 238 g/mol. The maximum Gasteiger partial charge on any atom is 0.277 e. The van der Waals surface area contributed by atoms with Crippen LogP contribution in [-0.2, 0) is 6.54 Å². The van der Waals surface area contributed by atoms with Crippen molar-refractivity contribution in [3.63, 3.8) is 0 Å². The molecule has 0 unspecified atom stereocenters. The van der Waals surface area contributed by atoms with Crippen LogP contribution in [0.3, 0.4) is 0 Å². The minimum Gasteiger partial charge on any atom is -0.267 e. The molecule has 0 aliphatic rings. The van der Waals surface area contributed by atoms with Gasteiger partial charge in [0, 0.05) is 12.4 Å². The van der Waals surface area contributed by atoms with Crippen molar-refractivity contribution >= 4 is 22.5 Å². The van der Waals surface area contributed by atoms with E-state index in [2.05, 4.69) is 10.3 Å². The van der Waals surface area contributed by atoms with Crippen molar-refractivity contribution < 1.29 is 0 Å². The quantitative estimate of drug-likeness (QED) is 0.602. The van der Waals surface area contributed by atoms with Crippen LogP contribution in [-0.4, -0.2) is 20.9 Å². The zero-order valence-electron chi connectivity index (χ0n) is 8.77. The van der Waals surface area contributed by atoms with Crippen LogP contribution in [0, 0.1) is 0 Å². The lowest BCUT2D eigenvalue weighted by Gasteiger charge is -2.03. The van der Waals surface area contributed by atoms with E-state index in [1.807, 2.05) is 12.1 Å². The molecule has 0 saturated heterocycles. The smallest absolute Gasteiger partial charge is 0.267 e. The van der Waals surface area contributed by atoms with Crippen LogP contribution >= 0.6 is 11.6 Å². The predicted octanol–water partition coefficient (Wildman–Crippen LogP) is 1.81. The van der Waals surface area contributed by atoms with Crippen molar-refractivity contribution in [3.05, 3.63) is 34.6 Å². The van der Waals surface area contributed by atoms with Crippen LogP contribution in [0.15, 0.2) is 29.1 Å². The number of unbranched alkanes of at least 4 members (excludes halogenated alkanes) is 1. The van der Waals surface area contributed by atoms with E-state index < -0.39 is 0 Å². The van der Waals surface area contributed by atoms with Gasteiger partial charge in [-0.15, -0.1) is 16.7 Å². The van der Waals surface area contributed by atoms with Gasteiger partial charge in [-0.3, -0.25) is 4.79 Å². The van der Waals surface area contributed by atoms with Gasteiger partial charge in [0.05, 0.1) is 5.39 Å². The minimum absolute atomic E-state index is 0.0832. The zero-order chi connectivity index (χ0) is 11.4. The Kier molecular flexibility index (Phi) is 3.51. The summed E-state index contributed by atoms with van der Waals surface area (Å²) in [5, 5.41) is 8.50. The molecule has 5 heteroatoms. The fraction of sp³-hybridized carbons (Fsp3) is 0.364. The van der Waals surface area contributed by atoms with Crippen molar-refractivity contribution in [3.8, 4) is 0 Å². The fourth-order valence-corrected chi connectivity index (χ4v) is 1.71. The van der Waals surface area contributed by atoms with Gasteiger partial charge in [-0.25, -0.2) is 4.68 Å². The fourth-order valence-electron chi connectivity index (χ4n) is 1.53. The topological polar surface area (TPSA) is 47.8 Å². The summed E-state index contributed by atoms with van der Waals surface area (Å²) in [6, 6.07) is 7.22. The number of benzene rings is 1. The van der Waals surface area contributed by atoms with E-state index in [1.165, 1.54) is 4.68 Å². The van der Waals surface area contributed by atoms with Crippen LogP contribution in [0.4, 0.5) is 0 Å². The normalized spacial score (nSPS) is 10.8. The lowest BCUT2D eigenvalue weighted by atomic mass is 10.2. The number of alkyl halides is 1. The van der Waals surface area contributed by atoms with Gasteiger partial charge in [0.25, 0.3) is 5.56 Å². The van der Waals surface area contributed by atoms with E-state index in [4.69, 9.17) is 11.6 Å². The molecule has 0 radical (unpaired) electrons. The molecule has 0 spiro atoms. The van der Waals surface area contributed by atoms with E-state index in [0.717, 1.165) is 12.8 Å². The second kappa shape index (κ2) is 5.07. The highest BCUT2D eigenvalue weighted by atomic mass is 35.5. The Morgan fingerprint density at radius 2 is 2.06 bits per heavy atom. The monoisotopic (exact) mass is 237 g/mol. The van der Waals surface area contributed by atoms with E-state index in [9.17, 15) is 4.79 Å². The number of aromatic nitrogens is 3. The molecule has 0 amide bonds. The van der Waals surface area contributed by atoms with Gasteiger partial charge in [0.15, 0.2) is 0 Å². The van der Waals surface area contributed by atoms with Gasteiger partial charge in [-0.2, -0.15) is 0 Å². The number of hydrogen-bond donors (Lipinski definition) is 0. The Bertz CT molecular complexity index is 538. The molecule has 0 atom stereocenters. The first kappa shape index (κ1) is 11.1. The number of fused-ring (bicyclic) bond motifs is 1. The summed E-state index contributed by atoms with van der Waals surface area (Å²) in [6.45, 7) is 0.573. The Morgan fingerprint density at radius 3 is 2.88 bits per heavy atom. The molecule has 1 heterocycles. The molecule has 0 bridgehead atoms. The van der Waals surface area contributed by atoms with Crippen LogP contribution in [0.25, 0.3) is 10.9 Å². The highest BCUT2D eigenvalue weighted by molar-refractivity contribution is 6.17. The summed E-state index contributed by atoms with van der Waals surface area (Å²) < 4.78 is 1.40. The zero-order valence-corrected chi connectivity index (χ0v) is 9.52. The maximum absolute atomic E-state index is 12.0. The highest BCUT2D eigenvalue weighted by Crippen LogP contribution is 2.03. The summed E-state index contributed by atoms with van der Waals surface area (Å²) in [5.41, 5.74) is 0.557. The summed E-state index contributed by atoms with van der Waals surface area (Å²) in [7, 11) is 0. The van der Waals surface area contributed by atoms with E-state index in [1.54, 1.807) is 12.1 Å². The number of halogens is 1. The molecule has 84 valence electrons. The van der Waals surface area contributed by atoms with Crippen molar-refractivity contribution in [1.82, 2.24) is 15.0 Å². The Labute approximate surface area is 97.8 Å². The summed E-state index contributed by atoms with van der Waals surface area (Å²) in [5.74, 6) is 0.607. The van der Waals surface area contributed by atoms with Gasteiger partial charge in [0.2, 0.25) is 0 Å². The van der Waals surface area contributed by atoms with Gasteiger partial charge < -0.3 is 0 Å². The van der Waals surface area contributed by atoms with E-state index >= 15 is 0 Å². The van der Waals surface area contributed by atoms with Crippen LogP contribution < -0.4 is 5.56 Å².